The fraction of sp³-hybridized carbons (Fsp3) is 0.898. The molecule has 0 aromatic heterocycles. The highest BCUT2D eigenvalue weighted by Gasteiger charge is 2.59. The summed E-state index contributed by atoms with van der Waals surface area (Å²) >= 11 is 0. The van der Waals surface area contributed by atoms with E-state index in [1.54, 1.807) is 0 Å². The molecule has 0 bridgehead atoms. The predicted molar refractivity (Wildman–Crippen MR) is 226 cm³/mol. The van der Waals surface area contributed by atoms with E-state index in [1.165, 1.54) is 89.0 Å². The minimum atomic E-state index is -1.44. The summed E-state index contributed by atoms with van der Waals surface area (Å²) in [6.07, 6.45) is 27.3. The van der Waals surface area contributed by atoms with Crippen LogP contribution in [0.5, 0.6) is 0 Å². The maximum atomic E-state index is 12.6. The van der Waals surface area contributed by atoms with E-state index in [0.29, 0.717) is 17.8 Å². The van der Waals surface area contributed by atoms with E-state index in [4.69, 9.17) is 14.2 Å². The van der Waals surface area contributed by atoms with Crippen molar-refractivity contribution in [2.24, 2.45) is 46.3 Å². The molecule has 7 heteroatoms. The summed E-state index contributed by atoms with van der Waals surface area (Å²) in [4.78, 5) is 12.6. The Morgan fingerprint density at radius 1 is 0.839 bits per heavy atom. The van der Waals surface area contributed by atoms with Crippen molar-refractivity contribution in [3.63, 3.8) is 0 Å². The lowest BCUT2D eigenvalue weighted by atomic mass is 9.47. The van der Waals surface area contributed by atoms with Gasteiger partial charge in [0, 0.05) is 6.42 Å². The summed E-state index contributed by atoms with van der Waals surface area (Å²) in [5.74, 6) is 4.43. The van der Waals surface area contributed by atoms with Crippen LogP contribution in [0.2, 0.25) is 0 Å². The highest BCUT2D eigenvalue weighted by atomic mass is 16.7. The van der Waals surface area contributed by atoms with E-state index >= 15 is 0 Å². The Balaban J connectivity index is 1.04. The molecule has 7 nitrogen and oxygen atoms in total. The van der Waals surface area contributed by atoms with Gasteiger partial charge in [0.15, 0.2) is 6.29 Å². The third-order valence-corrected chi connectivity index (χ3v) is 15.8. The van der Waals surface area contributed by atoms with E-state index in [2.05, 4.69) is 59.8 Å². The molecule has 4 aliphatic carbocycles. The highest BCUT2D eigenvalue weighted by molar-refractivity contribution is 5.69. The SMILES string of the molecule is CCCCCC/C=C\CCCCCCCC(=O)OCC1OC(OC2CCC3(C)C(=CCC4C3CCC3(C)C(C(C)CCCC(C)C)CCC43)C2)C(O)C(O)C1O. The van der Waals surface area contributed by atoms with Gasteiger partial charge in [0.2, 0.25) is 0 Å². The van der Waals surface area contributed by atoms with Crippen LogP contribution < -0.4 is 0 Å². The number of unbranched alkanes of at least 4 members (excludes halogenated alkanes) is 9. The lowest BCUT2D eigenvalue weighted by Gasteiger charge is -2.58. The van der Waals surface area contributed by atoms with Crippen molar-refractivity contribution in [3.05, 3.63) is 23.8 Å². The minimum Gasteiger partial charge on any atom is -0.463 e. The van der Waals surface area contributed by atoms with Crippen LogP contribution in [-0.4, -0.2) is 64.7 Å². The van der Waals surface area contributed by atoms with Gasteiger partial charge in [-0.2, -0.15) is 0 Å². The maximum Gasteiger partial charge on any atom is 0.305 e. The quantitative estimate of drug-likeness (QED) is 0.0570. The molecule has 5 rings (SSSR count). The largest absolute Gasteiger partial charge is 0.463 e. The van der Waals surface area contributed by atoms with Crippen LogP contribution in [-0.2, 0) is 19.0 Å². The molecule has 4 fully saturated rings. The number of hydrogen-bond acceptors (Lipinski definition) is 7. The van der Waals surface area contributed by atoms with Crippen molar-refractivity contribution in [1.82, 2.24) is 0 Å². The van der Waals surface area contributed by atoms with Crippen LogP contribution in [0.25, 0.3) is 0 Å². The van der Waals surface area contributed by atoms with Gasteiger partial charge in [-0.3, -0.25) is 4.79 Å². The van der Waals surface area contributed by atoms with Gasteiger partial charge in [-0.15, -0.1) is 0 Å². The summed E-state index contributed by atoms with van der Waals surface area (Å²) in [7, 11) is 0. The van der Waals surface area contributed by atoms with E-state index in [0.717, 1.165) is 87.4 Å². The molecule has 13 atom stereocenters. The summed E-state index contributed by atoms with van der Waals surface area (Å²) in [5.41, 5.74) is 2.14. The van der Waals surface area contributed by atoms with Crippen molar-refractivity contribution >= 4 is 5.97 Å². The summed E-state index contributed by atoms with van der Waals surface area (Å²) < 4.78 is 18.0. The molecular weight excluding hydrogens is 701 g/mol. The molecule has 13 unspecified atom stereocenters. The molecule has 0 amide bonds. The zero-order chi connectivity index (χ0) is 40.3. The molecule has 322 valence electrons. The number of fused-ring (bicyclic) bond motifs is 5. The molecule has 0 radical (unpaired) electrons. The Hall–Kier alpha value is -1.25. The number of rotatable bonds is 22. The number of allylic oxidation sites excluding steroid dienone is 3. The standard InChI is InChI=1S/C49H84O7/c1-7-8-9-10-11-12-13-14-15-16-17-18-19-23-43(50)54-33-42-44(51)45(52)46(53)47(56-42)55-37-28-30-48(5)36(32-37)24-25-38-40-27-26-39(35(4)22-20-21-34(2)3)49(40,6)31-29-41(38)48/h12-13,24,34-35,37-42,44-47,51-53H,7-11,14-23,25-33H2,1-6H3/b13-12-. The van der Waals surface area contributed by atoms with Crippen LogP contribution >= 0.6 is 0 Å². The molecule has 1 saturated heterocycles. The van der Waals surface area contributed by atoms with Gasteiger partial charge in [-0.05, 0) is 130 Å². The first-order valence-electron chi connectivity index (χ1n) is 23.7. The number of aliphatic hydroxyl groups excluding tert-OH is 3. The number of aliphatic hydroxyl groups is 3. The second-order valence-electron chi connectivity index (χ2n) is 20.1. The fourth-order valence-electron chi connectivity index (χ4n) is 12.4. The number of hydrogen-bond donors (Lipinski definition) is 3. The Morgan fingerprint density at radius 3 is 2.29 bits per heavy atom. The maximum absolute atomic E-state index is 12.6. The van der Waals surface area contributed by atoms with Crippen LogP contribution in [0.3, 0.4) is 0 Å². The zero-order valence-corrected chi connectivity index (χ0v) is 36.6. The first kappa shape index (κ1) is 45.8. The lowest BCUT2D eigenvalue weighted by molar-refractivity contribution is -0.313. The Bertz CT molecular complexity index is 1250. The third-order valence-electron chi connectivity index (χ3n) is 15.8. The average molecular weight is 785 g/mol. The Kier molecular flexibility index (Phi) is 17.9. The van der Waals surface area contributed by atoms with Crippen LogP contribution in [0.1, 0.15) is 189 Å². The molecular formula is C49H84O7. The third kappa shape index (κ3) is 11.5. The van der Waals surface area contributed by atoms with E-state index in [1.807, 2.05) is 0 Å². The molecule has 1 aliphatic heterocycles. The van der Waals surface area contributed by atoms with Crippen molar-refractivity contribution in [3.8, 4) is 0 Å². The topological polar surface area (TPSA) is 105 Å². The van der Waals surface area contributed by atoms with Crippen LogP contribution in [0, 0.1) is 46.3 Å². The van der Waals surface area contributed by atoms with Gasteiger partial charge in [0.25, 0.3) is 0 Å². The van der Waals surface area contributed by atoms with E-state index in [-0.39, 0.29) is 24.1 Å². The monoisotopic (exact) mass is 785 g/mol. The summed E-state index contributed by atoms with van der Waals surface area (Å²) in [6.45, 7) is 14.5. The van der Waals surface area contributed by atoms with Gasteiger partial charge in [0.1, 0.15) is 31.0 Å². The van der Waals surface area contributed by atoms with Crippen molar-refractivity contribution < 1.29 is 34.3 Å². The van der Waals surface area contributed by atoms with Crippen LogP contribution in [0.4, 0.5) is 0 Å². The van der Waals surface area contributed by atoms with Gasteiger partial charge < -0.3 is 29.5 Å². The summed E-state index contributed by atoms with van der Waals surface area (Å²) in [5, 5.41) is 32.4. The summed E-state index contributed by atoms with van der Waals surface area (Å²) in [6, 6.07) is 0. The number of esters is 1. The molecule has 3 saturated carbocycles. The molecule has 5 aliphatic rings. The molecule has 1 heterocycles. The van der Waals surface area contributed by atoms with Crippen LogP contribution in [0.15, 0.2) is 23.8 Å². The van der Waals surface area contributed by atoms with Gasteiger partial charge in [-0.25, -0.2) is 0 Å². The Labute approximate surface area is 342 Å². The molecule has 0 aromatic rings. The first-order valence-corrected chi connectivity index (χ1v) is 23.7. The first-order chi connectivity index (χ1) is 26.9. The fourth-order valence-corrected chi connectivity index (χ4v) is 12.4. The smallest absolute Gasteiger partial charge is 0.305 e. The number of ether oxygens (including phenoxy) is 3. The molecule has 56 heavy (non-hydrogen) atoms. The zero-order valence-electron chi connectivity index (χ0n) is 36.6. The van der Waals surface area contributed by atoms with Crippen molar-refractivity contribution in [1.29, 1.82) is 0 Å². The molecule has 0 spiro atoms. The predicted octanol–water partition coefficient (Wildman–Crippen LogP) is 11.0. The second-order valence-corrected chi connectivity index (χ2v) is 20.1. The normalized spacial score (nSPS) is 37.6. The van der Waals surface area contributed by atoms with Gasteiger partial charge in [-0.1, -0.05) is 123 Å². The van der Waals surface area contributed by atoms with Crippen molar-refractivity contribution in [2.45, 2.75) is 226 Å². The van der Waals surface area contributed by atoms with E-state index in [9.17, 15) is 20.1 Å². The number of carbonyl (C=O) groups is 1. The van der Waals surface area contributed by atoms with Gasteiger partial charge in [0.05, 0.1) is 6.10 Å². The molecule has 3 N–H and O–H groups in total. The number of carbonyl (C=O) groups excluding carboxylic acids is 1. The average Bonchev–Trinajstić information content (AvgIpc) is 3.53. The van der Waals surface area contributed by atoms with Crippen molar-refractivity contribution in [2.75, 3.05) is 6.61 Å². The van der Waals surface area contributed by atoms with Gasteiger partial charge >= 0.3 is 5.97 Å². The molecule has 0 aromatic carbocycles. The lowest BCUT2D eigenvalue weighted by Crippen LogP contribution is -2.60. The second kappa shape index (κ2) is 21.8. The Morgan fingerprint density at radius 2 is 1.55 bits per heavy atom. The minimum absolute atomic E-state index is 0.140. The van der Waals surface area contributed by atoms with E-state index < -0.39 is 30.7 Å². The highest BCUT2D eigenvalue weighted by Crippen LogP contribution is 2.67.